The van der Waals surface area contributed by atoms with Crippen LogP contribution in [0.4, 0.5) is 0 Å². The third-order valence-corrected chi connectivity index (χ3v) is 3.68. The number of nitrogens with one attached hydrogen (secondary N) is 2. The Hall–Kier alpha value is -3.01. The van der Waals surface area contributed by atoms with Gasteiger partial charge in [-0.05, 0) is 12.1 Å². The second kappa shape index (κ2) is 6.01. The monoisotopic (exact) mass is 309 g/mol. The van der Waals surface area contributed by atoms with Crippen LogP contribution in [-0.4, -0.2) is 28.1 Å². The van der Waals surface area contributed by atoms with E-state index in [4.69, 9.17) is 6.42 Å². The Morgan fingerprint density at radius 3 is 2.83 bits per heavy atom. The molecule has 1 aliphatic rings. The van der Waals surface area contributed by atoms with Gasteiger partial charge in [0.15, 0.2) is 11.4 Å². The summed E-state index contributed by atoms with van der Waals surface area (Å²) in [6.45, 7) is 0.352. The minimum absolute atomic E-state index is 0.147. The lowest BCUT2D eigenvalue weighted by Crippen LogP contribution is -2.33. The van der Waals surface area contributed by atoms with Crippen LogP contribution in [0.15, 0.2) is 39.3 Å². The predicted molar refractivity (Wildman–Crippen MR) is 85.0 cm³/mol. The van der Waals surface area contributed by atoms with Crippen LogP contribution in [-0.2, 0) is 0 Å². The van der Waals surface area contributed by atoms with Gasteiger partial charge in [0, 0.05) is 25.8 Å². The van der Waals surface area contributed by atoms with Crippen molar-refractivity contribution in [3.05, 3.63) is 40.3 Å². The van der Waals surface area contributed by atoms with Crippen molar-refractivity contribution in [1.82, 2.24) is 15.3 Å². The van der Waals surface area contributed by atoms with Gasteiger partial charge in [-0.15, -0.1) is 12.3 Å². The highest BCUT2D eigenvalue weighted by Crippen LogP contribution is 2.35. The topological polar surface area (TPSA) is 99.6 Å². The van der Waals surface area contributed by atoms with Gasteiger partial charge in [0.2, 0.25) is 0 Å². The van der Waals surface area contributed by atoms with Crippen LogP contribution in [0.1, 0.15) is 29.8 Å². The molecule has 0 spiro atoms. The number of hydrogen-bond donors (Lipinski definition) is 2. The lowest BCUT2D eigenvalue weighted by atomic mass is 10.0. The van der Waals surface area contributed by atoms with Crippen LogP contribution in [0.25, 0.3) is 11.0 Å². The number of terminal acetylenes is 1. The summed E-state index contributed by atoms with van der Waals surface area (Å²) in [7, 11) is 0. The first-order valence-electron chi connectivity index (χ1n) is 7.28. The molecule has 2 N–H and O–H groups in total. The minimum atomic E-state index is -0.510. The molecular weight excluding hydrogens is 294 g/mol. The highest BCUT2D eigenvalue weighted by Gasteiger charge is 2.38. The van der Waals surface area contributed by atoms with Crippen molar-refractivity contribution in [2.45, 2.75) is 24.9 Å². The van der Waals surface area contributed by atoms with Crippen molar-refractivity contribution in [3.63, 3.8) is 0 Å². The quantitative estimate of drug-likeness (QED) is 0.793. The first-order valence-corrected chi connectivity index (χ1v) is 7.28. The molecule has 2 heterocycles. The van der Waals surface area contributed by atoms with E-state index in [2.05, 4.69) is 31.4 Å². The second-order valence-corrected chi connectivity index (χ2v) is 5.32. The Kier molecular flexibility index (Phi) is 3.89. The fraction of sp³-hybridized carbons (Fsp3) is 0.312. The average molecular weight is 309 g/mol. The Labute approximate surface area is 132 Å². The molecule has 0 radical (unpaired) electrons. The SMILES string of the molecule is C#CCCC1(CCNC(=O)c2nc3ccccc3[nH]c2=O)N=N1. The number of fused-ring (bicyclic) bond motifs is 1. The molecule has 0 aliphatic carbocycles. The van der Waals surface area contributed by atoms with Crippen molar-refractivity contribution in [2.24, 2.45) is 10.2 Å². The van der Waals surface area contributed by atoms with E-state index >= 15 is 0 Å². The number of carbonyl (C=O) groups excluding carboxylic acids is 1. The standard InChI is InChI=1S/C16H15N5O2/c1-2-3-8-16(20-21-16)9-10-17-14(22)13-15(23)19-12-7-5-4-6-11(12)18-13/h1,4-7H,3,8-10H2,(H,17,22)(H,19,23). The zero-order chi connectivity index (χ0) is 16.3. The molecule has 3 rings (SSSR count). The molecule has 1 aliphatic heterocycles. The molecule has 7 nitrogen and oxygen atoms in total. The van der Waals surface area contributed by atoms with Crippen LogP contribution >= 0.6 is 0 Å². The maximum atomic E-state index is 12.1. The van der Waals surface area contributed by atoms with E-state index in [1.807, 2.05) is 0 Å². The Bertz CT molecular complexity index is 872. The summed E-state index contributed by atoms with van der Waals surface area (Å²) >= 11 is 0. The van der Waals surface area contributed by atoms with Crippen molar-refractivity contribution < 1.29 is 4.79 Å². The van der Waals surface area contributed by atoms with Crippen LogP contribution in [0, 0.1) is 12.3 Å². The molecule has 0 bridgehead atoms. The molecule has 0 saturated carbocycles. The number of nitrogens with zero attached hydrogens (tertiary/aromatic N) is 3. The highest BCUT2D eigenvalue weighted by atomic mass is 16.2. The van der Waals surface area contributed by atoms with E-state index in [1.54, 1.807) is 24.3 Å². The van der Waals surface area contributed by atoms with E-state index < -0.39 is 17.1 Å². The summed E-state index contributed by atoms with van der Waals surface area (Å²) in [4.78, 5) is 30.9. The van der Waals surface area contributed by atoms with E-state index in [-0.39, 0.29) is 5.69 Å². The summed E-state index contributed by atoms with van der Waals surface area (Å²) < 4.78 is 0. The van der Waals surface area contributed by atoms with Crippen LogP contribution < -0.4 is 10.9 Å². The first kappa shape index (κ1) is 14.9. The Balaban J connectivity index is 1.64. The molecule has 1 aromatic carbocycles. The molecular formula is C16H15N5O2. The van der Waals surface area contributed by atoms with Crippen molar-refractivity contribution in [1.29, 1.82) is 0 Å². The van der Waals surface area contributed by atoms with Crippen molar-refractivity contribution >= 4 is 16.9 Å². The number of hydrogen-bond acceptors (Lipinski definition) is 5. The maximum Gasteiger partial charge on any atom is 0.280 e. The lowest BCUT2D eigenvalue weighted by Gasteiger charge is -2.09. The molecule has 2 aromatic rings. The number of carbonyl (C=O) groups is 1. The first-order chi connectivity index (χ1) is 11.1. The molecule has 116 valence electrons. The third-order valence-electron chi connectivity index (χ3n) is 3.68. The third kappa shape index (κ3) is 3.26. The van der Waals surface area contributed by atoms with Crippen LogP contribution in [0.3, 0.4) is 0 Å². The van der Waals surface area contributed by atoms with Gasteiger partial charge in [-0.2, -0.15) is 10.2 Å². The molecule has 0 fully saturated rings. The number of H-pyrrole nitrogens is 1. The summed E-state index contributed by atoms with van der Waals surface area (Å²) in [6.07, 6.45) is 7.06. The largest absolute Gasteiger partial charge is 0.350 e. The van der Waals surface area contributed by atoms with Crippen LogP contribution in [0.2, 0.25) is 0 Å². The van der Waals surface area contributed by atoms with E-state index in [9.17, 15) is 9.59 Å². The lowest BCUT2D eigenvalue weighted by molar-refractivity contribution is 0.0945. The van der Waals surface area contributed by atoms with E-state index in [0.29, 0.717) is 36.8 Å². The molecule has 7 heteroatoms. The Morgan fingerprint density at radius 2 is 2.09 bits per heavy atom. The van der Waals surface area contributed by atoms with E-state index in [0.717, 1.165) is 0 Å². The molecule has 0 saturated heterocycles. The number of aromatic amines is 1. The minimum Gasteiger partial charge on any atom is -0.350 e. The molecule has 1 aromatic heterocycles. The van der Waals surface area contributed by atoms with E-state index in [1.165, 1.54) is 0 Å². The van der Waals surface area contributed by atoms with Gasteiger partial charge in [0.1, 0.15) is 0 Å². The van der Waals surface area contributed by atoms with Crippen LogP contribution in [0.5, 0.6) is 0 Å². The molecule has 23 heavy (non-hydrogen) atoms. The maximum absolute atomic E-state index is 12.1. The number of aromatic nitrogens is 2. The smallest absolute Gasteiger partial charge is 0.280 e. The molecule has 1 amide bonds. The van der Waals surface area contributed by atoms with Gasteiger partial charge in [0.25, 0.3) is 11.5 Å². The highest BCUT2D eigenvalue weighted by molar-refractivity contribution is 5.93. The Morgan fingerprint density at radius 1 is 1.30 bits per heavy atom. The zero-order valence-corrected chi connectivity index (χ0v) is 12.4. The summed E-state index contributed by atoms with van der Waals surface area (Å²) in [5.41, 5.74) is 0.0472. The van der Waals surface area contributed by atoms with Gasteiger partial charge < -0.3 is 10.3 Å². The number of benzene rings is 1. The van der Waals surface area contributed by atoms with Gasteiger partial charge in [-0.25, -0.2) is 4.98 Å². The second-order valence-electron chi connectivity index (χ2n) is 5.32. The average Bonchev–Trinajstić information content (AvgIpc) is 3.32. The molecule has 0 unspecified atom stereocenters. The summed E-state index contributed by atoms with van der Waals surface area (Å²) in [6, 6.07) is 7.05. The fourth-order valence-corrected chi connectivity index (χ4v) is 2.31. The number of rotatable bonds is 6. The van der Waals surface area contributed by atoms with Gasteiger partial charge in [0.05, 0.1) is 11.0 Å². The normalized spacial score (nSPS) is 14.4. The summed E-state index contributed by atoms with van der Waals surface area (Å²) in [5.74, 6) is 2.04. The van der Waals surface area contributed by atoms with Gasteiger partial charge >= 0.3 is 0 Å². The summed E-state index contributed by atoms with van der Waals surface area (Å²) in [5, 5.41) is 10.7. The fourth-order valence-electron chi connectivity index (χ4n) is 2.31. The molecule has 0 atom stereocenters. The number of para-hydroxylation sites is 2. The number of amides is 1. The van der Waals surface area contributed by atoms with Gasteiger partial charge in [-0.1, -0.05) is 12.1 Å². The van der Waals surface area contributed by atoms with Crippen molar-refractivity contribution in [2.75, 3.05) is 6.54 Å². The van der Waals surface area contributed by atoms with Crippen molar-refractivity contribution in [3.8, 4) is 12.3 Å². The predicted octanol–water partition coefficient (Wildman–Crippen LogP) is 1.62. The zero-order valence-electron chi connectivity index (χ0n) is 12.4. The van der Waals surface area contributed by atoms with Gasteiger partial charge in [-0.3, -0.25) is 9.59 Å².